The zero-order chi connectivity index (χ0) is 15.2. The Balaban J connectivity index is 1.78. The van der Waals surface area contributed by atoms with Crippen molar-refractivity contribution >= 4 is 0 Å². The summed E-state index contributed by atoms with van der Waals surface area (Å²) < 4.78 is 17.4. The lowest BCUT2D eigenvalue weighted by Gasteiger charge is -2.26. The molecule has 4 heteroatoms. The van der Waals surface area contributed by atoms with Crippen molar-refractivity contribution < 1.29 is 14.2 Å². The molecule has 1 atom stereocenters. The molecule has 116 valence electrons. The second-order valence-electron chi connectivity index (χ2n) is 5.22. The molecular formula is C18H21NO3. The number of ether oxygens (including phenoxy) is 3. The highest BCUT2D eigenvalue weighted by Crippen LogP contribution is 2.36. The zero-order valence-electron chi connectivity index (χ0n) is 12.7. The topological polar surface area (TPSA) is 39.7 Å². The van der Waals surface area contributed by atoms with E-state index in [1.165, 1.54) is 0 Å². The van der Waals surface area contributed by atoms with Crippen molar-refractivity contribution in [2.75, 3.05) is 26.8 Å². The van der Waals surface area contributed by atoms with Crippen LogP contribution in [0.1, 0.15) is 17.2 Å². The molecule has 0 saturated carbocycles. The van der Waals surface area contributed by atoms with Gasteiger partial charge in [0.05, 0.1) is 19.8 Å². The van der Waals surface area contributed by atoms with E-state index in [0.717, 1.165) is 35.7 Å². The van der Waals surface area contributed by atoms with E-state index in [4.69, 9.17) is 14.2 Å². The highest BCUT2D eigenvalue weighted by atomic mass is 16.5. The molecule has 1 saturated heterocycles. The summed E-state index contributed by atoms with van der Waals surface area (Å²) in [5.41, 5.74) is 2.16. The molecule has 2 aromatic rings. The van der Waals surface area contributed by atoms with Gasteiger partial charge in [-0.2, -0.15) is 0 Å². The van der Waals surface area contributed by atoms with Gasteiger partial charge in [0, 0.05) is 18.7 Å². The van der Waals surface area contributed by atoms with Gasteiger partial charge in [-0.05, 0) is 11.6 Å². The first-order valence-electron chi connectivity index (χ1n) is 7.54. The third kappa shape index (κ3) is 3.40. The van der Waals surface area contributed by atoms with E-state index >= 15 is 0 Å². The zero-order valence-corrected chi connectivity index (χ0v) is 12.7. The van der Waals surface area contributed by atoms with Crippen LogP contribution in [0.3, 0.4) is 0 Å². The predicted molar refractivity (Wildman–Crippen MR) is 85.3 cm³/mol. The number of para-hydroxylation sites is 1. The highest BCUT2D eigenvalue weighted by molar-refractivity contribution is 5.48. The molecule has 1 aliphatic heterocycles. The van der Waals surface area contributed by atoms with E-state index in [1.807, 2.05) is 48.5 Å². The monoisotopic (exact) mass is 299 g/mol. The molecule has 1 aliphatic rings. The van der Waals surface area contributed by atoms with Crippen LogP contribution in [0, 0.1) is 0 Å². The normalized spacial score (nSPS) is 18.0. The molecule has 2 aromatic carbocycles. The van der Waals surface area contributed by atoms with Crippen molar-refractivity contribution in [2.24, 2.45) is 0 Å². The Morgan fingerprint density at radius 1 is 1.14 bits per heavy atom. The summed E-state index contributed by atoms with van der Waals surface area (Å²) >= 11 is 0. The third-order valence-corrected chi connectivity index (χ3v) is 3.73. The summed E-state index contributed by atoms with van der Waals surface area (Å²) in [5.74, 6) is 1.50. The highest BCUT2D eigenvalue weighted by Gasteiger charge is 2.22. The average molecular weight is 299 g/mol. The summed E-state index contributed by atoms with van der Waals surface area (Å²) in [4.78, 5) is 0. The first kappa shape index (κ1) is 14.9. The molecule has 1 heterocycles. The maximum absolute atomic E-state index is 5.94. The van der Waals surface area contributed by atoms with E-state index in [-0.39, 0.29) is 6.10 Å². The molecular weight excluding hydrogens is 278 g/mol. The van der Waals surface area contributed by atoms with Gasteiger partial charge in [0.1, 0.15) is 6.61 Å². The van der Waals surface area contributed by atoms with E-state index in [2.05, 4.69) is 5.32 Å². The Hall–Kier alpha value is -2.04. The molecule has 1 N–H and O–H groups in total. The van der Waals surface area contributed by atoms with E-state index in [1.54, 1.807) is 7.11 Å². The molecule has 0 bridgehead atoms. The summed E-state index contributed by atoms with van der Waals surface area (Å²) in [6.45, 7) is 2.91. The molecule has 3 rings (SSSR count). The maximum atomic E-state index is 5.94. The molecule has 0 aromatic heterocycles. The summed E-state index contributed by atoms with van der Waals surface area (Å²) in [6, 6.07) is 16.1. The Kier molecular flexibility index (Phi) is 4.93. The van der Waals surface area contributed by atoms with E-state index < -0.39 is 0 Å². The Morgan fingerprint density at radius 3 is 2.73 bits per heavy atom. The number of rotatable bonds is 5. The van der Waals surface area contributed by atoms with Gasteiger partial charge in [-0.3, -0.25) is 0 Å². The molecule has 4 nitrogen and oxygen atoms in total. The van der Waals surface area contributed by atoms with Gasteiger partial charge in [0.15, 0.2) is 11.5 Å². The van der Waals surface area contributed by atoms with E-state index in [9.17, 15) is 0 Å². The fourth-order valence-corrected chi connectivity index (χ4v) is 2.62. The largest absolute Gasteiger partial charge is 0.492 e. The molecule has 0 aliphatic carbocycles. The lowest BCUT2D eigenvalue weighted by Crippen LogP contribution is -2.33. The van der Waals surface area contributed by atoms with Crippen LogP contribution in [-0.4, -0.2) is 26.8 Å². The minimum Gasteiger partial charge on any atom is -0.492 e. The molecule has 1 unspecified atom stereocenters. The third-order valence-electron chi connectivity index (χ3n) is 3.73. The van der Waals surface area contributed by atoms with E-state index in [0.29, 0.717) is 13.2 Å². The first-order valence-corrected chi connectivity index (χ1v) is 7.54. The van der Waals surface area contributed by atoms with Crippen LogP contribution in [0.15, 0.2) is 48.5 Å². The Morgan fingerprint density at radius 2 is 2.00 bits per heavy atom. The van der Waals surface area contributed by atoms with Crippen LogP contribution in [0.4, 0.5) is 0 Å². The quantitative estimate of drug-likeness (QED) is 0.921. The van der Waals surface area contributed by atoms with Gasteiger partial charge < -0.3 is 19.5 Å². The van der Waals surface area contributed by atoms with Crippen molar-refractivity contribution in [2.45, 2.75) is 12.7 Å². The maximum Gasteiger partial charge on any atom is 0.166 e. The van der Waals surface area contributed by atoms with Crippen molar-refractivity contribution in [3.8, 4) is 11.5 Å². The lowest BCUT2D eigenvalue weighted by molar-refractivity contribution is 0.0260. The molecule has 0 radical (unpaired) electrons. The Labute approximate surface area is 131 Å². The molecule has 0 spiro atoms. The van der Waals surface area contributed by atoms with Crippen molar-refractivity contribution in [1.82, 2.24) is 5.32 Å². The number of benzene rings is 2. The van der Waals surface area contributed by atoms with Gasteiger partial charge in [-0.15, -0.1) is 0 Å². The first-order chi connectivity index (χ1) is 10.9. The fraction of sp³-hybridized carbons (Fsp3) is 0.333. The standard InChI is InChI=1S/C18H21NO3/c1-20-18-15(17-12-19-10-11-21-17)8-5-9-16(18)22-13-14-6-3-2-4-7-14/h2-9,17,19H,10-13H2,1H3. The second kappa shape index (κ2) is 7.29. The van der Waals surface area contributed by atoms with Gasteiger partial charge in [-0.1, -0.05) is 42.5 Å². The average Bonchev–Trinajstić information content (AvgIpc) is 2.61. The summed E-state index contributed by atoms with van der Waals surface area (Å²) in [7, 11) is 1.67. The predicted octanol–water partition coefficient (Wildman–Crippen LogP) is 2.94. The van der Waals surface area contributed by atoms with Crippen LogP contribution < -0.4 is 14.8 Å². The number of hydrogen-bond donors (Lipinski definition) is 1. The number of morpholine rings is 1. The van der Waals surface area contributed by atoms with Gasteiger partial charge in [-0.25, -0.2) is 0 Å². The van der Waals surface area contributed by atoms with Crippen molar-refractivity contribution in [3.63, 3.8) is 0 Å². The number of nitrogens with one attached hydrogen (secondary N) is 1. The lowest BCUT2D eigenvalue weighted by atomic mass is 10.1. The second-order valence-corrected chi connectivity index (χ2v) is 5.22. The minimum absolute atomic E-state index is 0.00368. The summed E-state index contributed by atoms with van der Waals surface area (Å²) in [5, 5.41) is 3.34. The smallest absolute Gasteiger partial charge is 0.166 e. The molecule has 0 amide bonds. The molecule has 22 heavy (non-hydrogen) atoms. The number of hydrogen-bond acceptors (Lipinski definition) is 4. The van der Waals surface area contributed by atoms with Crippen LogP contribution >= 0.6 is 0 Å². The van der Waals surface area contributed by atoms with Crippen molar-refractivity contribution in [1.29, 1.82) is 0 Å². The van der Waals surface area contributed by atoms with Gasteiger partial charge >= 0.3 is 0 Å². The van der Waals surface area contributed by atoms with Crippen LogP contribution in [0.5, 0.6) is 11.5 Å². The molecule has 1 fully saturated rings. The van der Waals surface area contributed by atoms with Crippen LogP contribution in [0.25, 0.3) is 0 Å². The number of methoxy groups -OCH3 is 1. The summed E-state index contributed by atoms with van der Waals surface area (Å²) in [6.07, 6.45) is 0.00368. The Bertz CT molecular complexity index is 595. The van der Waals surface area contributed by atoms with Gasteiger partial charge in [0.25, 0.3) is 0 Å². The van der Waals surface area contributed by atoms with Crippen LogP contribution in [-0.2, 0) is 11.3 Å². The minimum atomic E-state index is 0.00368. The van der Waals surface area contributed by atoms with Crippen molar-refractivity contribution in [3.05, 3.63) is 59.7 Å². The fourth-order valence-electron chi connectivity index (χ4n) is 2.62. The SMILES string of the molecule is COc1c(OCc2ccccc2)cccc1C1CNCCO1. The van der Waals surface area contributed by atoms with Gasteiger partial charge in [0.2, 0.25) is 0 Å². The van der Waals surface area contributed by atoms with Crippen LogP contribution in [0.2, 0.25) is 0 Å².